The zero-order chi connectivity index (χ0) is 10.7. The monoisotopic (exact) mass is 225 g/mol. The summed E-state index contributed by atoms with van der Waals surface area (Å²) >= 11 is 1.78. The minimum atomic E-state index is 0.145. The van der Waals surface area contributed by atoms with Crippen LogP contribution >= 0.6 is 11.3 Å². The molecule has 0 spiro atoms. The molecule has 0 aliphatic heterocycles. The van der Waals surface area contributed by atoms with Crippen LogP contribution in [0.5, 0.6) is 0 Å². The molecule has 1 aromatic heterocycles. The minimum Gasteiger partial charge on any atom is -0.394 e. The van der Waals surface area contributed by atoms with Crippen LogP contribution in [0.25, 0.3) is 0 Å². The molecule has 15 heavy (non-hydrogen) atoms. The van der Waals surface area contributed by atoms with Gasteiger partial charge in [-0.1, -0.05) is 12.8 Å². The summed E-state index contributed by atoms with van der Waals surface area (Å²) in [7, 11) is 0. The first-order valence-corrected chi connectivity index (χ1v) is 6.54. The lowest BCUT2D eigenvalue weighted by Gasteiger charge is -2.19. The Kier molecular flexibility index (Phi) is 3.78. The highest BCUT2D eigenvalue weighted by Gasteiger charge is 2.20. The fourth-order valence-electron chi connectivity index (χ4n) is 2.24. The van der Waals surface area contributed by atoms with E-state index in [0.717, 1.165) is 0 Å². The normalized spacial score (nSPS) is 19.6. The summed E-state index contributed by atoms with van der Waals surface area (Å²) in [4.78, 5) is 2.58. The molecule has 1 unspecified atom stereocenters. The molecule has 1 aliphatic rings. The molecule has 1 heterocycles. The van der Waals surface area contributed by atoms with Crippen molar-refractivity contribution in [3.05, 3.63) is 21.9 Å². The van der Waals surface area contributed by atoms with E-state index in [2.05, 4.69) is 24.4 Å². The van der Waals surface area contributed by atoms with Gasteiger partial charge in [0.1, 0.15) is 0 Å². The Morgan fingerprint density at radius 1 is 1.47 bits per heavy atom. The van der Waals surface area contributed by atoms with Gasteiger partial charge < -0.3 is 10.4 Å². The van der Waals surface area contributed by atoms with Crippen LogP contribution in [0.1, 0.15) is 41.5 Å². The highest BCUT2D eigenvalue weighted by molar-refractivity contribution is 7.12. The lowest BCUT2D eigenvalue weighted by Crippen LogP contribution is -2.32. The van der Waals surface area contributed by atoms with Gasteiger partial charge in [0.15, 0.2) is 0 Å². The van der Waals surface area contributed by atoms with Gasteiger partial charge in [-0.3, -0.25) is 0 Å². The number of aliphatic hydroxyl groups is 1. The van der Waals surface area contributed by atoms with Gasteiger partial charge in [-0.15, -0.1) is 11.3 Å². The van der Waals surface area contributed by atoms with Crippen LogP contribution in [0.15, 0.2) is 12.1 Å². The first kappa shape index (κ1) is 11.1. The van der Waals surface area contributed by atoms with Crippen LogP contribution in [0, 0.1) is 6.92 Å². The molecule has 2 N–H and O–H groups in total. The van der Waals surface area contributed by atoms with Gasteiger partial charge in [0, 0.05) is 15.8 Å². The molecular formula is C12H19NOS. The Labute approximate surface area is 95.3 Å². The van der Waals surface area contributed by atoms with E-state index in [4.69, 9.17) is 0 Å². The Hall–Kier alpha value is -0.380. The van der Waals surface area contributed by atoms with Crippen molar-refractivity contribution < 1.29 is 5.11 Å². The molecule has 0 bridgehead atoms. The maximum absolute atomic E-state index is 9.39. The molecule has 2 rings (SSSR count). The zero-order valence-electron chi connectivity index (χ0n) is 9.20. The number of hydrogen-bond donors (Lipinski definition) is 2. The molecule has 0 aromatic carbocycles. The highest BCUT2D eigenvalue weighted by atomic mass is 32.1. The van der Waals surface area contributed by atoms with Crippen molar-refractivity contribution in [3.8, 4) is 0 Å². The topological polar surface area (TPSA) is 32.3 Å². The summed E-state index contributed by atoms with van der Waals surface area (Å²) in [5, 5.41) is 12.9. The number of rotatable bonds is 4. The second-order valence-electron chi connectivity index (χ2n) is 4.33. The van der Waals surface area contributed by atoms with E-state index in [1.165, 1.54) is 35.4 Å². The van der Waals surface area contributed by atoms with E-state index in [-0.39, 0.29) is 12.6 Å². The Balaban J connectivity index is 1.97. The number of aliphatic hydroxyl groups excluding tert-OH is 1. The van der Waals surface area contributed by atoms with Gasteiger partial charge >= 0.3 is 0 Å². The average Bonchev–Trinajstić information content (AvgIpc) is 2.85. The first-order valence-electron chi connectivity index (χ1n) is 5.73. The van der Waals surface area contributed by atoms with Crippen molar-refractivity contribution in [2.75, 3.05) is 6.61 Å². The van der Waals surface area contributed by atoms with E-state index in [1.807, 2.05) is 0 Å². The summed E-state index contributed by atoms with van der Waals surface area (Å²) in [6.07, 6.45) is 5.19. The minimum absolute atomic E-state index is 0.145. The van der Waals surface area contributed by atoms with E-state index < -0.39 is 0 Å². The van der Waals surface area contributed by atoms with Crippen LogP contribution in [0.4, 0.5) is 0 Å². The predicted molar refractivity (Wildman–Crippen MR) is 64.3 cm³/mol. The molecular weight excluding hydrogens is 206 g/mol. The second kappa shape index (κ2) is 5.10. The van der Waals surface area contributed by atoms with Crippen LogP contribution in [-0.4, -0.2) is 17.8 Å². The highest BCUT2D eigenvalue weighted by Crippen LogP contribution is 2.26. The van der Waals surface area contributed by atoms with Gasteiger partial charge in [-0.2, -0.15) is 0 Å². The molecule has 84 valence electrons. The number of aryl methyl sites for hydroxylation is 1. The van der Waals surface area contributed by atoms with E-state index in [0.29, 0.717) is 6.04 Å². The molecule has 1 aliphatic carbocycles. The van der Waals surface area contributed by atoms with Gasteiger partial charge in [0.25, 0.3) is 0 Å². The molecule has 0 amide bonds. The van der Waals surface area contributed by atoms with Crippen molar-refractivity contribution in [1.29, 1.82) is 0 Å². The fraction of sp³-hybridized carbons (Fsp3) is 0.667. The molecule has 1 aromatic rings. The van der Waals surface area contributed by atoms with Crippen molar-refractivity contribution in [1.82, 2.24) is 5.32 Å². The standard InChI is InChI=1S/C12H19NOS/c1-9-6-7-12(15-9)11(8-14)13-10-4-2-3-5-10/h6-7,10-11,13-14H,2-5,8H2,1H3. The molecule has 2 nitrogen and oxygen atoms in total. The van der Waals surface area contributed by atoms with Gasteiger partial charge in [0.05, 0.1) is 12.6 Å². The van der Waals surface area contributed by atoms with E-state index >= 15 is 0 Å². The van der Waals surface area contributed by atoms with E-state index in [9.17, 15) is 5.11 Å². The number of thiophene rings is 1. The second-order valence-corrected chi connectivity index (χ2v) is 5.65. The average molecular weight is 225 g/mol. The third-order valence-electron chi connectivity index (χ3n) is 3.08. The van der Waals surface area contributed by atoms with E-state index in [1.54, 1.807) is 11.3 Å². The summed E-state index contributed by atoms with van der Waals surface area (Å²) in [5.74, 6) is 0. The fourth-order valence-corrected chi connectivity index (χ4v) is 3.17. The number of nitrogens with one attached hydrogen (secondary N) is 1. The van der Waals surface area contributed by atoms with Crippen LogP contribution < -0.4 is 5.32 Å². The summed E-state index contributed by atoms with van der Waals surface area (Å²) < 4.78 is 0. The maximum atomic E-state index is 9.39. The zero-order valence-corrected chi connectivity index (χ0v) is 10.0. The van der Waals surface area contributed by atoms with Crippen molar-refractivity contribution in [2.45, 2.75) is 44.7 Å². The Bertz CT molecular complexity index is 304. The summed E-state index contributed by atoms with van der Waals surface area (Å²) in [5.41, 5.74) is 0. The molecule has 1 fully saturated rings. The molecule has 0 radical (unpaired) electrons. The van der Waals surface area contributed by atoms with Crippen molar-refractivity contribution >= 4 is 11.3 Å². The smallest absolute Gasteiger partial charge is 0.0652 e. The largest absolute Gasteiger partial charge is 0.394 e. The van der Waals surface area contributed by atoms with Gasteiger partial charge in [-0.25, -0.2) is 0 Å². The first-order chi connectivity index (χ1) is 7.29. The molecule has 1 atom stereocenters. The van der Waals surface area contributed by atoms with Crippen LogP contribution in [-0.2, 0) is 0 Å². The van der Waals surface area contributed by atoms with Gasteiger partial charge in [0.2, 0.25) is 0 Å². The summed E-state index contributed by atoms with van der Waals surface area (Å²) in [6, 6.07) is 5.01. The number of hydrogen-bond acceptors (Lipinski definition) is 3. The third kappa shape index (κ3) is 2.80. The lowest BCUT2D eigenvalue weighted by molar-refractivity contribution is 0.235. The summed E-state index contributed by atoms with van der Waals surface area (Å²) in [6.45, 7) is 2.31. The molecule has 3 heteroatoms. The van der Waals surface area contributed by atoms with Crippen molar-refractivity contribution in [2.24, 2.45) is 0 Å². The Morgan fingerprint density at radius 2 is 2.20 bits per heavy atom. The molecule has 1 saturated carbocycles. The quantitative estimate of drug-likeness (QED) is 0.825. The van der Waals surface area contributed by atoms with Crippen LogP contribution in [0.2, 0.25) is 0 Å². The lowest BCUT2D eigenvalue weighted by atomic mass is 10.2. The predicted octanol–water partition coefficient (Wildman–Crippen LogP) is 2.62. The van der Waals surface area contributed by atoms with Crippen LogP contribution in [0.3, 0.4) is 0 Å². The Morgan fingerprint density at radius 3 is 2.73 bits per heavy atom. The molecule has 0 saturated heterocycles. The van der Waals surface area contributed by atoms with Crippen molar-refractivity contribution in [3.63, 3.8) is 0 Å². The van der Waals surface area contributed by atoms with Gasteiger partial charge in [-0.05, 0) is 31.9 Å². The SMILES string of the molecule is Cc1ccc(C(CO)NC2CCCC2)s1. The maximum Gasteiger partial charge on any atom is 0.0652 e. The third-order valence-corrected chi connectivity index (χ3v) is 4.19.